The van der Waals surface area contributed by atoms with Crippen LogP contribution >= 0.6 is 0 Å². The van der Waals surface area contributed by atoms with Crippen molar-refractivity contribution in [2.75, 3.05) is 27.9 Å². The number of methoxy groups -OCH3 is 3. The molecule has 0 radical (unpaired) electrons. The summed E-state index contributed by atoms with van der Waals surface area (Å²) in [4.78, 5) is 82.1. The number of allylic oxidation sites excluding steroid dienone is 7. The van der Waals surface area contributed by atoms with Crippen molar-refractivity contribution in [3.05, 3.63) is 83.5 Å². The zero-order valence-electron chi connectivity index (χ0n) is 45.0. The predicted octanol–water partition coefficient (Wildman–Crippen LogP) is 7.74. The molecule has 15 atom stereocenters. The van der Waals surface area contributed by atoms with Crippen molar-refractivity contribution >= 4 is 35.5 Å². The van der Waals surface area contributed by atoms with Crippen LogP contribution in [0.3, 0.4) is 0 Å². The lowest BCUT2D eigenvalue weighted by molar-refractivity contribution is -0.265. The summed E-state index contributed by atoms with van der Waals surface area (Å²) in [6.07, 6.45) is 12.3. The summed E-state index contributed by atoms with van der Waals surface area (Å²) >= 11 is 0. The van der Waals surface area contributed by atoms with Crippen LogP contribution in [0, 0.1) is 35.5 Å². The molecule has 1 amide bonds. The predicted molar refractivity (Wildman–Crippen MR) is 277 cm³/mol. The number of hydrogen-bond acceptors (Lipinski definition) is 14. The highest BCUT2D eigenvalue weighted by Gasteiger charge is 2.53. The van der Waals surface area contributed by atoms with Gasteiger partial charge in [-0.15, -0.1) is 0 Å². The fraction of sp³-hybridized carbons (Fsp3) is 0.655. The molecule has 406 valence electrons. The number of hydrogen-bond donors (Lipinski definition) is 3. The summed E-state index contributed by atoms with van der Waals surface area (Å²) < 4.78 is 29.2. The molecule has 3 fully saturated rings. The van der Waals surface area contributed by atoms with Crippen molar-refractivity contribution in [2.24, 2.45) is 35.5 Å². The number of carbonyl (C=O) groups is 6. The maximum atomic E-state index is 14.3. The van der Waals surface area contributed by atoms with Gasteiger partial charge in [0.2, 0.25) is 5.79 Å². The minimum absolute atomic E-state index is 0.0557. The van der Waals surface area contributed by atoms with Crippen molar-refractivity contribution in [2.45, 2.75) is 180 Å². The Labute approximate surface area is 433 Å². The number of Topliss-reactive ketones (excluding diaryl/α,β-unsaturated/α-hetero) is 3. The summed E-state index contributed by atoms with van der Waals surface area (Å²) in [6.45, 7) is 12.7. The molecule has 0 spiro atoms. The summed E-state index contributed by atoms with van der Waals surface area (Å²) in [5.74, 6) is -7.54. The smallest absolute Gasteiger partial charge is 0.329 e. The van der Waals surface area contributed by atoms with Crippen LogP contribution in [0.1, 0.15) is 137 Å². The first-order valence-electron chi connectivity index (χ1n) is 26.4. The van der Waals surface area contributed by atoms with Crippen LogP contribution in [0.15, 0.2) is 77.9 Å². The van der Waals surface area contributed by atoms with E-state index in [2.05, 4.69) is 0 Å². The molecular weight excluding hydrogens is 935 g/mol. The number of likely N-dealkylation sites (tertiary alicyclic amines) is 1. The van der Waals surface area contributed by atoms with Gasteiger partial charge < -0.3 is 48.7 Å². The first-order valence-corrected chi connectivity index (χ1v) is 26.4. The highest BCUT2D eigenvalue weighted by Crippen LogP contribution is 2.38. The number of piperidine rings is 1. The molecular formula is C58H85NO14. The van der Waals surface area contributed by atoms with Gasteiger partial charge >= 0.3 is 5.97 Å². The van der Waals surface area contributed by atoms with E-state index in [9.17, 15) is 44.1 Å². The van der Waals surface area contributed by atoms with E-state index in [-0.39, 0.29) is 67.1 Å². The van der Waals surface area contributed by atoms with Crippen molar-refractivity contribution in [1.82, 2.24) is 4.90 Å². The lowest BCUT2D eigenvalue weighted by Gasteiger charge is -2.42. The van der Waals surface area contributed by atoms with Crippen LogP contribution in [0.4, 0.5) is 0 Å². The maximum absolute atomic E-state index is 14.3. The largest absolute Gasteiger partial charge is 0.460 e. The topological polar surface area (TPSA) is 212 Å². The van der Waals surface area contributed by atoms with Crippen LogP contribution < -0.4 is 0 Å². The zero-order chi connectivity index (χ0) is 54.0. The van der Waals surface area contributed by atoms with Crippen LogP contribution in [-0.4, -0.2) is 132 Å². The van der Waals surface area contributed by atoms with Gasteiger partial charge in [-0.25, -0.2) is 4.79 Å². The van der Waals surface area contributed by atoms with E-state index in [0.717, 1.165) is 18.3 Å². The van der Waals surface area contributed by atoms with Crippen LogP contribution in [0.5, 0.6) is 0 Å². The van der Waals surface area contributed by atoms with Crippen molar-refractivity contribution in [3.8, 4) is 0 Å². The maximum Gasteiger partial charge on any atom is 0.329 e. The Morgan fingerprint density at radius 1 is 0.904 bits per heavy atom. The molecule has 5 unspecified atom stereocenters. The van der Waals surface area contributed by atoms with Gasteiger partial charge in [0.25, 0.3) is 11.7 Å². The third kappa shape index (κ3) is 17.3. The Hall–Kier alpha value is -4.48. The Bertz CT molecular complexity index is 2100. The number of aldehydes is 1. The lowest BCUT2D eigenvalue weighted by Crippen LogP contribution is -2.61. The number of amides is 1. The molecule has 2 aliphatic heterocycles. The Balaban J connectivity index is 1.40. The Kier molecular flexibility index (Phi) is 24.7. The SMILES string of the molecule is COC(C(=O)[C@H](C)C[C@H](C)C=CC=CC=C(C)[C@H](C[C@@H]1CC[C@@H](C)[C@](O)(C(=O)C(=O)N2CCCCC2C(=O)OC(CC(=O)C(C)=CC(C)C=O)[C@H](C)C[C@@H]2CC[C@@H](O)[C@H](OC)C2)O1)OC)C(O)c1ccccc1. The molecule has 73 heavy (non-hydrogen) atoms. The first-order chi connectivity index (χ1) is 34.7. The van der Waals surface area contributed by atoms with Gasteiger partial charge in [-0.3, -0.25) is 19.2 Å². The molecule has 3 N–H and O–H groups in total. The molecule has 15 nitrogen and oxygen atoms in total. The van der Waals surface area contributed by atoms with E-state index in [1.807, 2.05) is 64.1 Å². The number of aliphatic hydroxyl groups excluding tert-OH is 2. The van der Waals surface area contributed by atoms with Crippen molar-refractivity contribution < 1.29 is 67.8 Å². The fourth-order valence-corrected chi connectivity index (χ4v) is 10.6. The molecule has 3 aliphatic rings. The van der Waals surface area contributed by atoms with Gasteiger partial charge in [-0.2, -0.15) is 0 Å². The number of ketones is 3. The Morgan fingerprint density at radius 2 is 1.62 bits per heavy atom. The average molecular weight is 1020 g/mol. The summed E-state index contributed by atoms with van der Waals surface area (Å²) in [5.41, 5.74) is 1.85. The molecule has 1 aliphatic carbocycles. The minimum atomic E-state index is -2.46. The van der Waals surface area contributed by atoms with E-state index in [4.69, 9.17) is 23.7 Å². The number of aliphatic hydroxyl groups is 3. The van der Waals surface area contributed by atoms with Crippen LogP contribution in [0.25, 0.3) is 0 Å². The van der Waals surface area contributed by atoms with Gasteiger partial charge in [0, 0.05) is 58.5 Å². The van der Waals surface area contributed by atoms with Gasteiger partial charge in [-0.05, 0) is 113 Å². The molecule has 1 saturated carbocycles. The molecule has 2 saturated heterocycles. The number of esters is 1. The quantitative estimate of drug-likeness (QED) is 0.0253. The van der Waals surface area contributed by atoms with Crippen molar-refractivity contribution in [3.63, 3.8) is 0 Å². The van der Waals surface area contributed by atoms with E-state index in [0.29, 0.717) is 62.5 Å². The van der Waals surface area contributed by atoms with Crippen LogP contribution in [-0.2, 0) is 52.5 Å². The van der Waals surface area contributed by atoms with Gasteiger partial charge in [-0.1, -0.05) is 101 Å². The summed E-state index contributed by atoms with van der Waals surface area (Å²) in [5, 5.41) is 33.2. The molecule has 0 bridgehead atoms. The average Bonchev–Trinajstić information content (AvgIpc) is 3.38. The van der Waals surface area contributed by atoms with E-state index in [1.165, 1.54) is 12.0 Å². The molecule has 15 heteroatoms. The van der Waals surface area contributed by atoms with Crippen molar-refractivity contribution in [1.29, 1.82) is 0 Å². The summed E-state index contributed by atoms with van der Waals surface area (Å²) in [7, 11) is 4.56. The highest BCUT2D eigenvalue weighted by atomic mass is 16.6. The normalized spacial score (nSPS) is 27.6. The molecule has 1 aromatic rings. The third-order valence-corrected chi connectivity index (χ3v) is 15.3. The van der Waals surface area contributed by atoms with E-state index < -0.39 is 77.9 Å². The van der Waals surface area contributed by atoms with Crippen LogP contribution in [0.2, 0.25) is 0 Å². The van der Waals surface area contributed by atoms with E-state index >= 15 is 0 Å². The molecule has 0 aromatic heterocycles. The fourth-order valence-electron chi connectivity index (χ4n) is 10.6. The van der Waals surface area contributed by atoms with Gasteiger partial charge in [0.1, 0.15) is 30.6 Å². The zero-order valence-corrected chi connectivity index (χ0v) is 45.0. The van der Waals surface area contributed by atoms with E-state index in [1.54, 1.807) is 65.3 Å². The minimum Gasteiger partial charge on any atom is -0.460 e. The van der Waals surface area contributed by atoms with Gasteiger partial charge in [0.05, 0.1) is 24.4 Å². The number of benzene rings is 1. The second-order valence-electron chi connectivity index (χ2n) is 21.1. The van der Waals surface area contributed by atoms with Gasteiger partial charge in [0.15, 0.2) is 11.6 Å². The molecule has 4 rings (SSSR count). The second-order valence-corrected chi connectivity index (χ2v) is 21.1. The molecule has 2 heterocycles. The lowest BCUT2D eigenvalue weighted by atomic mass is 9.78. The Morgan fingerprint density at radius 3 is 2.27 bits per heavy atom. The number of nitrogens with zero attached hydrogens (tertiary/aromatic N) is 1. The summed E-state index contributed by atoms with van der Waals surface area (Å²) in [6, 6.07) is 7.85. The number of carbonyl (C=O) groups excluding carboxylic acids is 6. The standard InChI is InChI=1S/C58H85NO14/c1-36(29-41(6)52(63)54(71-10)53(64)44-21-15-12-16-22-44)19-13-11-14-20-38(3)49(69-8)33-45-26-24-42(7)58(68,73-45)55(65)56(66)59-28-18-17-23-46(59)57(67)72-50(34-48(62)39(4)30-37(2)35-60)40(5)31-43-25-27-47(61)51(32-43)70-9/h11-16,19-22,30,35-37,40-43,45-47,49-51,53-54,61,64,68H,17-18,23-29,31-34H2,1-10H3/t36-,37?,40-,41-,42-,43+,45+,46?,47-,49+,50?,51-,53?,54?,58-/m1/s1. The monoisotopic (exact) mass is 1020 g/mol. The number of rotatable bonds is 27. The first kappa shape index (κ1) is 61.1. The highest BCUT2D eigenvalue weighted by molar-refractivity contribution is 6.39. The number of ether oxygens (including phenoxy) is 5. The second kappa shape index (κ2) is 29.6. The third-order valence-electron chi connectivity index (χ3n) is 15.3. The molecule has 1 aromatic carbocycles.